The molecule has 1 atom stereocenters. The second-order valence-electron chi connectivity index (χ2n) is 8.07. The Hall–Kier alpha value is -3.17. The zero-order valence-corrected chi connectivity index (χ0v) is 19.6. The van der Waals surface area contributed by atoms with Crippen LogP contribution in [0.5, 0.6) is 5.75 Å². The molecule has 2 heterocycles. The molecule has 3 aromatic rings. The topological polar surface area (TPSA) is 93.5 Å². The fourth-order valence-corrected chi connectivity index (χ4v) is 5.58. The van der Waals surface area contributed by atoms with E-state index >= 15 is 0 Å². The number of carbonyl (C=O) groups is 1. The Labute approximate surface area is 194 Å². The summed E-state index contributed by atoms with van der Waals surface area (Å²) in [6, 6.07) is 13.1. The molecule has 1 aliphatic heterocycles. The number of piperidine rings is 1. The molecule has 0 radical (unpaired) electrons. The normalized spacial score (nSPS) is 15.7. The van der Waals surface area contributed by atoms with Crippen LogP contribution >= 0.6 is 0 Å². The van der Waals surface area contributed by atoms with Gasteiger partial charge in [0.2, 0.25) is 10.0 Å². The van der Waals surface area contributed by atoms with E-state index in [4.69, 9.17) is 4.74 Å². The number of methoxy groups -OCH3 is 1. The number of ether oxygens (including phenoxy) is 1. The van der Waals surface area contributed by atoms with Gasteiger partial charge in [-0.3, -0.25) is 4.79 Å². The number of hydrogen-bond donors (Lipinski definition) is 1. The maximum atomic E-state index is 13.2. The first-order valence-corrected chi connectivity index (χ1v) is 12.4. The first-order chi connectivity index (χ1) is 15.9. The first-order valence-electron chi connectivity index (χ1n) is 10.9. The number of hydrogen-bond acceptors (Lipinski definition) is 5. The van der Waals surface area contributed by atoms with Gasteiger partial charge in [0.15, 0.2) is 0 Å². The van der Waals surface area contributed by atoms with Gasteiger partial charge in [-0.15, -0.1) is 0 Å². The van der Waals surface area contributed by atoms with Crippen molar-refractivity contribution in [2.45, 2.75) is 30.2 Å². The fourth-order valence-electron chi connectivity index (χ4n) is 4.02. The molecule has 9 heteroatoms. The Bertz CT molecular complexity index is 1220. The standard InChI is InChI=1S/C24H28N4O4S/c1-27-16-13-25-23(27)22(18-9-11-20(32-2)12-10-18)26-24(29)19-7-6-8-21(17-19)33(30,31)28-14-4-3-5-15-28/h6-13,16-17,22H,3-5,14-15H2,1-2H3,(H,26,29). The highest BCUT2D eigenvalue weighted by atomic mass is 32.2. The van der Waals surface area contributed by atoms with E-state index in [1.165, 1.54) is 10.4 Å². The van der Waals surface area contributed by atoms with Gasteiger partial charge in [0.05, 0.1) is 12.0 Å². The zero-order chi connectivity index (χ0) is 23.4. The lowest BCUT2D eigenvalue weighted by molar-refractivity contribution is 0.0941. The lowest BCUT2D eigenvalue weighted by Crippen LogP contribution is -2.36. The SMILES string of the molecule is COc1ccc(C(NC(=O)c2cccc(S(=O)(=O)N3CCCCC3)c2)c2nccn2C)cc1. The van der Waals surface area contributed by atoms with E-state index in [1.807, 2.05) is 42.1 Å². The van der Waals surface area contributed by atoms with Gasteiger partial charge in [-0.2, -0.15) is 4.31 Å². The number of aryl methyl sites for hydroxylation is 1. The summed E-state index contributed by atoms with van der Waals surface area (Å²) in [5.41, 5.74) is 1.11. The monoisotopic (exact) mass is 468 g/mol. The van der Waals surface area contributed by atoms with Crippen LogP contribution in [-0.4, -0.2) is 48.4 Å². The quantitative estimate of drug-likeness (QED) is 0.575. The molecule has 1 fully saturated rings. The minimum atomic E-state index is -3.63. The molecule has 33 heavy (non-hydrogen) atoms. The van der Waals surface area contributed by atoms with E-state index in [0.717, 1.165) is 24.8 Å². The molecule has 0 spiro atoms. The molecule has 1 aliphatic rings. The second kappa shape index (κ2) is 9.76. The number of nitrogens with zero attached hydrogens (tertiary/aromatic N) is 3. The third-order valence-electron chi connectivity index (χ3n) is 5.89. The van der Waals surface area contributed by atoms with Crippen LogP contribution in [0.15, 0.2) is 65.8 Å². The van der Waals surface area contributed by atoms with Crippen LogP contribution in [0.4, 0.5) is 0 Å². The van der Waals surface area contributed by atoms with Gasteiger partial charge in [0.1, 0.15) is 17.6 Å². The van der Waals surface area contributed by atoms with Crippen molar-refractivity contribution in [3.05, 3.63) is 77.9 Å². The van der Waals surface area contributed by atoms with Crippen LogP contribution in [-0.2, 0) is 17.1 Å². The summed E-state index contributed by atoms with van der Waals surface area (Å²) < 4.78 is 34.7. The number of amides is 1. The molecule has 1 amide bonds. The molecule has 4 rings (SSSR count). The van der Waals surface area contributed by atoms with Crippen molar-refractivity contribution in [1.82, 2.24) is 19.2 Å². The van der Waals surface area contributed by atoms with Gasteiger partial charge in [0, 0.05) is 38.1 Å². The summed E-state index contributed by atoms with van der Waals surface area (Å²) in [4.78, 5) is 17.8. The summed E-state index contributed by atoms with van der Waals surface area (Å²) >= 11 is 0. The van der Waals surface area contributed by atoms with Gasteiger partial charge in [-0.1, -0.05) is 24.6 Å². The average Bonchev–Trinajstić information content (AvgIpc) is 3.28. The largest absolute Gasteiger partial charge is 0.497 e. The van der Waals surface area contributed by atoms with Crippen LogP contribution < -0.4 is 10.1 Å². The Balaban J connectivity index is 1.62. The van der Waals surface area contributed by atoms with E-state index in [9.17, 15) is 13.2 Å². The maximum Gasteiger partial charge on any atom is 0.252 e. The maximum absolute atomic E-state index is 13.2. The zero-order valence-electron chi connectivity index (χ0n) is 18.8. The molecule has 0 aliphatic carbocycles. The fraction of sp³-hybridized carbons (Fsp3) is 0.333. The van der Waals surface area contributed by atoms with Crippen molar-refractivity contribution in [2.24, 2.45) is 7.05 Å². The number of imidazole rings is 1. The van der Waals surface area contributed by atoms with E-state index in [-0.39, 0.29) is 16.4 Å². The predicted molar refractivity (Wildman–Crippen MR) is 125 cm³/mol. The van der Waals surface area contributed by atoms with Gasteiger partial charge in [-0.25, -0.2) is 13.4 Å². The molecule has 8 nitrogen and oxygen atoms in total. The number of rotatable bonds is 7. The van der Waals surface area contributed by atoms with Crippen molar-refractivity contribution in [3.8, 4) is 5.75 Å². The molecular formula is C24H28N4O4S. The summed E-state index contributed by atoms with van der Waals surface area (Å²) in [5.74, 6) is 0.986. The minimum Gasteiger partial charge on any atom is -0.497 e. The lowest BCUT2D eigenvalue weighted by Gasteiger charge is -2.26. The smallest absolute Gasteiger partial charge is 0.252 e. The minimum absolute atomic E-state index is 0.134. The van der Waals surface area contributed by atoms with Crippen molar-refractivity contribution < 1.29 is 17.9 Å². The van der Waals surface area contributed by atoms with Crippen LogP contribution in [0.2, 0.25) is 0 Å². The highest BCUT2D eigenvalue weighted by molar-refractivity contribution is 7.89. The van der Waals surface area contributed by atoms with E-state index in [1.54, 1.807) is 31.5 Å². The molecule has 1 aromatic heterocycles. The molecular weight excluding hydrogens is 440 g/mol. The van der Waals surface area contributed by atoms with E-state index in [2.05, 4.69) is 10.3 Å². The van der Waals surface area contributed by atoms with Crippen LogP contribution in [0, 0.1) is 0 Å². The first kappa shape index (κ1) is 23.0. The number of nitrogens with one attached hydrogen (secondary N) is 1. The average molecular weight is 469 g/mol. The lowest BCUT2D eigenvalue weighted by atomic mass is 10.0. The number of benzene rings is 2. The molecule has 174 valence electrons. The highest BCUT2D eigenvalue weighted by Gasteiger charge is 2.27. The summed E-state index contributed by atoms with van der Waals surface area (Å²) in [6.45, 7) is 1.02. The highest BCUT2D eigenvalue weighted by Crippen LogP contribution is 2.25. The third-order valence-corrected chi connectivity index (χ3v) is 7.78. The molecule has 1 unspecified atom stereocenters. The van der Waals surface area contributed by atoms with Crippen LogP contribution in [0.25, 0.3) is 0 Å². The predicted octanol–water partition coefficient (Wildman–Crippen LogP) is 3.12. The molecule has 0 saturated carbocycles. The van der Waals surface area contributed by atoms with Gasteiger partial charge in [-0.05, 0) is 48.7 Å². The molecule has 2 aromatic carbocycles. The van der Waals surface area contributed by atoms with Crippen molar-refractivity contribution >= 4 is 15.9 Å². The van der Waals surface area contributed by atoms with Gasteiger partial charge in [0.25, 0.3) is 5.91 Å². The van der Waals surface area contributed by atoms with Crippen molar-refractivity contribution in [3.63, 3.8) is 0 Å². The van der Waals surface area contributed by atoms with Gasteiger partial charge >= 0.3 is 0 Å². The summed E-state index contributed by atoms with van der Waals surface area (Å²) in [7, 11) is -0.180. The van der Waals surface area contributed by atoms with Crippen LogP contribution in [0.3, 0.4) is 0 Å². The van der Waals surface area contributed by atoms with E-state index in [0.29, 0.717) is 24.7 Å². The Kier molecular flexibility index (Phi) is 6.80. The molecule has 0 bridgehead atoms. The summed E-state index contributed by atoms with van der Waals surface area (Å²) in [6.07, 6.45) is 6.22. The second-order valence-corrected chi connectivity index (χ2v) is 10.0. The van der Waals surface area contributed by atoms with Gasteiger partial charge < -0.3 is 14.6 Å². The summed E-state index contributed by atoms with van der Waals surface area (Å²) in [5, 5.41) is 3.02. The Morgan fingerprint density at radius 3 is 2.45 bits per heavy atom. The number of carbonyl (C=O) groups excluding carboxylic acids is 1. The van der Waals surface area contributed by atoms with Crippen LogP contribution in [0.1, 0.15) is 47.1 Å². The van der Waals surface area contributed by atoms with Crippen molar-refractivity contribution in [2.75, 3.05) is 20.2 Å². The molecule has 1 saturated heterocycles. The van der Waals surface area contributed by atoms with Crippen molar-refractivity contribution in [1.29, 1.82) is 0 Å². The number of aromatic nitrogens is 2. The third kappa shape index (κ3) is 4.94. The van der Waals surface area contributed by atoms with E-state index < -0.39 is 16.1 Å². The Morgan fingerprint density at radius 1 is 1.09 bits per heavy atom. The Morgan fingerprint density at radius 2 is 1.82 bits per heavy atom. The number of sulfonamides is 1. The molecule has 1 N–H and O–H groups in total.